The van der Waals surface area contributed by atoms with Gasteiger partial charge in [-0.05, 0) is 23.1 Å². The topological polar surface area (TPSA) is 66.4 Å². The van der Waals surface area contributed by atoms with E-state index in [1.165, 1.54) is 17.4 Å². The van der Waals surface area contributed by atoms with Crippen LogP contribution in [0, 0.1) is 0 Å². The van der Waals surface area contributed by atoms with E-state index in [9.17, 15) is 8.42 Å². The highest BCUT2D eigenvalue weighted by atomic mass is 35.5. The largest absolute Gasteiger partial charge is 0.391 e. The second kappa shape index (κ2) is 6.02. The number of benzene rings is 1. The van der Waals surface area contributed by atoms with Crippen LogP contribution >= 0.6 is 22.9 Å². The molecule has 19 heavy (non-hydrogen) atoms. The van der Waals surface area contributed by atoms with Crippen molar-refractivity contribution in [3.05, 3.63) is 51.2 Å². The molecular formula is C12H12ClNO3S2. The first-order valence-corrected chi connectivity index (χ1v) is 8.19. The molecule has 2 aromatic rings. The maximum absolute atomic E-state index is 12.1. The van der Waals surface area contributed by atoms with Gasteiger partial charge >= 0.3 is 0 Å². The van der Waals surface area contributed by atoms with Crippen molar-refractivity contribution in [3.8, 4) is 0 Å². The van der Waals surface area contributed by atoms with Crippen LogP contribution in [0.3, 0.4) is 0 Å². The summed E-state index contributed by atoms with van der Waals surface area (Å²) in [5.74, 6) is 0. The number of halogens is 1. The van der Waals surface area contributed by atoms with Gasteiger partial charge in [-0.25, -0.2) is 13.1 Å². The number of aliphatic hydroxyl groups is 1. The maximum atomic E-state index is 12.1. The Kier molecular flexibility index (Phi) is 4.59. The first kappa shape index (κ1) is 14.5. The quantitative estimate of drug-likeness (QED) is 0.889. The molecule has 1 aromatic heterocycles. The van der Waals surface area contributed by atoms with E-state index in [2.05, 4.69) is 4.72 Å². The second-order valence-corrected chi connectivity index (χ2v) is 6.93. The summed E-state index contributed by atoms with van der Waals surface area (Å²) in [6.45, 7) is -0.178. The molecule has 0 aliphatic carbocycles. The molecular weight excluding hydrogens is 306 g/mol. The Bertz CT molecular complexity index is 667. The van der Waals surface area contributed by atoms with E-state index in [0.29, 0.717) is 15.5 Å². The van der Waals surface area contributed by atoms with Crippen LogP contribution in [0.5, 0.6) is 0 Å². The van der Waals surface area contributed by atoms with Crippen molar-refractivity contribution in [3.63, 3.8) is 0 Å². The fourth-order valence-electron chi connectivity index (χ4n) is 1.58. The number of sulfonamides is 1. The van der Waals surface area contributed by atoms with Crippen molar-refractivity contribution < 1.29 is 13.5 Å². The molecule has 2 rings (SSSR count). The highest BCUT2D eigenvalue weighted by Gasteiger charge is 2.19. The third-order valence-electron chi connectivity index (χ3n) is 2.55. The molecule has 0 saturated heterocycles. The minimum absolute atomic E-state index is 0.114. The summed E-state index contributed by atoms with van der Waals surface area (Å²) in [5.41, 5.74) is 0.702. The zero-order valence-corrected chi connectivity index (χ0v) is 12.2. The van der Waals surface area contributed by atoms with E-state index in [4.69, 9.17) is 16.7 Å². The van der Waals surface area contributed by atoms with Gasteiger partial charge in [0.2, 0.25) is 10.0 Å². The van der Waals surface area contributed by atoms with Gasteiger partial charge in [-0.3, -0.25) is 0 Å². The van der Waals surface area contributed by atoms with Gasteiger partial charge in [-0.15, -0.1) is 11.3 Å². The van der Waals surface area contributed by atoms with Crippen LogP contribution < -0.4 is 4.72 Å². The van der Waals surface area contributed by atoms with E-state index in [0.717, 1.165) is 0 Å². The minimum atomic E-state index is -3.63. The lowest BCUT2D eigenvalue weighted by atomic mass is 10.2. The van der Waals surface area contributed by atoms with Gasteiger partial charge in [0.05, 0.1) is 11.5 Å². The van der Waals surface area contributed by atoms with E-state index < -0.39 is 10.0 Å². The summed E-state index contributed by atoms with van der Waals surface area (Å²) in [7, 11) is -3.63. The number of hydrogen-bond donors (Lipinski definition) is 2. The molecule has 0 unspecified atom stereocenters. The van der Waals surface area contributed by atoms with Crippen molar-refractivity contribution in [2.75, 3.05) is 0 Å². The Hall–Kier alpha value is -0.920. The monoisotopic (exact) mass is 317 g/mol. The molecule has 0 bridgehead atoms. The Morgan fingerprint density at radius 1 is 1.26 bits per heavy atom. The summed E-state index contributed by atoms with van der Waals surface area (Å²) in [4.78, 5) is 0.540. The van der Waals surface area contributed by atoms with Gasteiger partial charge < -0.3 is 5.11 Å². The molecule has 0 amide bonds. The standard InChI is InChI=1S/C12H12ClNO3S2/c13-10-4-2-1-3-9(10)7-14-19(16,17)12-5-6-18-11(12)8-15/h1-6,14-15H,7-8H2. The molecule has 7 heteroatoms. The molecule has 0 radical (unpaired) electrons. The summed E-state index contributed by atoms with van der Waals surface area (Å²) in [6.07, 6.45) is 0. The first-order chi connectivity index (χ1) is 9.04. The molecule has 1 aromatic carbocycles. The average Bonchev–Trinajstić information content (AvgIpc) is 2.87. The van der Waals surface area contributed by atoms with E-state index in [1.54, 1.807) is 29.6 Å². The van der Waals surface area contributed by atoms with Crippen molar-refractivity contribution in [1.29, 1.82) is 0 Å². The lowest BCUT2D eigenvalue weighted by molar-refractivity contribution is 0.282. The molecule has 0 saturated carbocycles. The van der Waals surface area contributed by atoms with E-state index >= 15 is 0 Å². The van der Waals surface area contributed by atoms with Gasteiger partial charge in [0, 0.05) is 16.4 Å². The predicted octanol–water partition coefficient (Wildman–Crippen LogP) is 2.37. The second-order valence-electron chi connectivity index (χ2n) is 3.78. The Balaban J connectivity index is 2.17. The first-order valence-electron chi connectivity index (χ1n) is 5.45. The fraction of sp³-hybridized carbons (Fsp3) is 0.167. The lowest BCUT2D eigenvalue weighted by Gasteiger charge is -2.08. The molecule has 0 aliphatic rings. The van der Waals surface area contributed by atoms with Crippen LogP contribution in [0.15, 0.2) is 40.6 Å². The molecule has 0 aliphatic heterocycles. The molecule has 1 heterocycles. The molecule has 2 N–H and O–H groups in total. The summed E-state index contributed by atoms with van der Waals surface area (Å²) in [5, 5.41) is 11.2. The Morgan fingerprint density at radius 3 is 2.68 bits per heavy atom. The summed E-state index contributed by atoms with van der Waals surface area (Å²) < 4.78 is 26.7. The molecule has 102 valence electrons. The van der Waals surface area contributed by atoms with Crippen molar-refractivity contribution in [1.82, 2.24) is 4.72 Å². The highest BCUT2D eigenvalue weighted by molar-refractivity contribution is 7.89. The number of thiophene rings is 1. The average molecular weight is 318 g/mol. The molecule has 0 spiro atoms. The number of aliphatic hydroxyl groups excluding tert-OH is 1. The van der Waals surface area contributed by atoms with Crippen LogP contribution in [-0.2, 0) is 23.2 Å². The maximum Gasteiger partial charge on any atom is 0.242 e. The molecule has 4 nitrogen and oxygen atoms in total. The van der Waals surface area contributed by atoms with Crippen molar-refractivity contribution in [2.24, 2.45) is 0 Å². The Morgan fingerprint density at radius 2 is 2.00 bits per heavy atom. The zero-order valence-electron chi connectivity index (χ0n) is 9.84. The van der Waals surface area contributed by atoms with Crippen LogP contribution in [0.4, 0.5) is 0 Å². The number of hydrogen-bond acceptors (Lipinski definition) is 4. The van der Waals surface area contributed by atoms with Crippen LogP contribution in [0.25, 0.3) is 0 Å². The van der Waals surface area contributed by atoms with E-state index in [1.807, 2.05) is 0 Å². The van der Waals surface area contributed by atoms with Crippen molar-refractivity contribution in [2.45, 2.75) is 18.0 Å². The van der Waals surface area contributed by atoms with Crippen LogP contribution in [0.1, 0.15) is 10.4 Å². The predicted molar refractivity (Wildman–Crippen MR) is 75.7 cm³/mol. The van der Waals surface area contributed by atoms with Crippen molar-refractivity contribution >= 4 is 33.0 Å². The zero-order chi connectivity index (χ0) is 13.9. The Labute approximate surface area is 120 Å². The molecule has 0 atom stereocenters. The van der Waals surface area contributed by atoms with Crippen LogP contribution in [0.2, 0.25) is 5.02 Å². The van der Waals surface area contributed by atoms with E-state index in [-0.39, 0.29) is 18.0 Å². The third kappa shape index (κ3) is 3.34. The minimum Gasteiger partial charge on any atom is -0.391 e. The fourth-order valence-corrected chi connectivity index (χ4v) is 4.08. The third-order valence-corrected chi connectivity index (χ3v) is 5.44. The smallest absolute Gasteiger partial charge is 0.242 e. The van der Waals surface area contributed by atoms with Gasteiger partial charge in [0.1, 0.15) is 0 Å². The normalized spacial score (nSPS) is 11.7. The lowest BCUT2D eigenvalue weighted by Crippen LogP contribution is -2.23. The highest BCUT2D eigenvalue weighted by Crippen LogP contribution is 2.22. The number of nitrogens with one attached hydrogen (secondary N) is 1. The van der Waals surface area contributed by atoms with Gasteiger partial charge in [0.15, 0.2) is 0 Å². The summed E-state index contributed by atoms with van der Waals surface area (Å²) in [6, 6.07) is 8.51. The summed E-state index contributed by atoms with van der Waals surface area (Å²) >= 11 is 7.17. The SMILES string of the molecule is O=S(=O)(NCc1ccccc1Cl)c1ccsc1CO. The van der Waals surface area contributed by atoms with Gasteiger partial charge in [0.25, 0.3) is 0 Å². The number of rotatable bonds is 5. The van der Waals surface area contributed by atoms with Gasteiger partial charge in [-0.2, -0.15) is 0 Å². The van der Waals surface area contributed by atoms with Gasteiger partial charge in [-0.1, -0.05) is 29.8 Å². The molecule has 0 fully saturated rings. The van der Waals surface area contributed by atoms with Crippen LogP contribution in [-0.4, -0.2) is 13.5 Å².